The highest BCUT2D eigenvalue weighted by atomic mass is 16.1. The van der Waals surface area contributed by atoms with E-state index in [0.717, 1.165) is 18.2 Å². The zero-order chi connectivity index (χ0) is 13.7. The normalized spacial score (nSPS) is 22.8. The van der Waals surface area contributed by atoms with E-state index in [2.05, 4.69) is 17.7 Å². The first-order chi connectivity index (χ1) is 9.20. The van der Waals surface area contributed by atoms with Gasteiger partial charge in [0, 0.05) is 17.8 Å². The van der Waals surface area contributed by atoms with Crippen LogP contribution in [0.4, 0.5) is 5.69 Å². The van der Waals surface area contributed by atoms with Crippen LogP contribution in [0, 0.1) is 11.8 Å². The van der Waals surface area contributed by atoms with E-state index < -0.39 is 0 Å². The van der Waals surface area contributed by atoms with Gasteiger partial charge in [0.15, 0.2) is 0 Å². The van der Waals surface area contributed by atoms with E-state index in [1.807, 2.05) is 0 Å². The topological polar surface area (TPSA) is 67.2 Å². The Bertz CT molecular complexity index is 416. The Hall–Kier alpha value is -1.55. The molecule has 4 N–H and O–H groups in total. The predicted molar refractivity (Wildman–Crippen MR) is 77.7 cm³/mol. The quantitative estimate of drug-likeness (QED) is 0.576. The molecule has 1 aliphatic carbocycles. The summed E-state index contributed by atoms with van der Waals surface area (Å²) in [6.45, 7) is 3.08. The van der Waals surface area contributed by atoms with Crippen LogP contribution in [0.1, 0.15) is 43.0 Å². The van der Waals surface area contributed by atoms with Gasteiger partial charge < -0.3 is 10.7 Å². The molecule has 104 valence electrons. The summed E-state index contributed by atoms with van der Waals surface area (Å²) in [6.07, 6.45) is 5.15. The minimum atomic E-state index is 0.00125. The highest BCUT2D eigenvalue weighted by molar-refractivity contribution is 5.94. The van der Waals surface area contributed by atoms with E-state index in [0.29, 0.717) is 11.5 Å². The second-order valence-electron chi connectivity index (χ2n) is 5.45. The molecular formula is C15H23N3O. The average molecular weight is 261 g/mol. The third-order valence-corrected chi connectivity index (χ3v) is 4.13. The first-order valence-corrected chi connectivity index (χ1v) is 7.05. The molecule has 0 aliphatic heterocycles. The van der Waals surface area contributed by atoms with Crippen molar-refractivity contribution in [1.29, 1.82) is 0 Å². The Labute approximate surface area is 114 Å². The van der Waals surface area contributed by atoms with Gasteiger partial charge >= 0.3 is 0 Å². The maximum atomic E-state index is 12.0. The van der Waals surface area contributed by atoms with Gasteiger partial charge in [0.05, 0.1) is 0 Å². The molecule has 19 heavy (non-hydrogen) atoms. The molecule has 1 saturated carbocycles. The van der Waals surface area contributed by atoms with Gasteiger partial charge in [0.2, 0.25) is 0 Å². The number of hydrazine groups is 1. The van der Waals surface area contributed by atoms with Gasteiger partial charge in [-0.1, -0.05) is 26.2 Å². The lowest BCUT2D eigenvalue weighted by atomic mass is 9.80. The highest BCUT2D eigenvalue weighted by Crippen LogP contribution is 2.28. The van der Waals surface area contributed by atoms with E-state index in [4.69, 9.17) is 5.84 Å². The highest BCUT2D eigenvalue weighted by Gasteiger charge is 2.21. The standard InChI is InChI=1S/C15H23N3O/c1-11-4-2-3-5-13(11)10-17-15(19)12-6-8-14(18-16)9-7-12/h6-9,11,13,18H,2-5,10,16H2,1H3,(H,17,19). The van der Waals surface area contributed by atoms with Gasteiger partial charge in [-0.25, -0.2) is 0 Å². The number of anilines is 1. The van der Waals surface area contributed by atoms with Crippen molar-refractivity contribution in [3.8, 4) is 0 Å². The summed E-state index contributed by atoms with van der Waals surface area (Å²) in [7, 11) is 0. The minimum Gasteiger partial charge on any atom is -0.352 e. The lowest BCUT2D eigenvalue weighted by Crippen LogP contribution is -2.33. The molecule has 0 aromatic heterocycles. The van der Waals surface area contributed by atoms with Crippen LogP contribution in [0.25, 0.3) is 0 Å². The van der Waals surface area contributed by atoms with Gasteiger partial charge in [-0.05, 0) is 42.5 Å². The molecular weight excluding hydrogens is 238 g/mol. The van der Waals surface area contributed by atoms with E-state index >= 15 is 0 Å². The number of benzene rings is 1. The SMILES string of the molecule is CC1CCCCC1CNC(=O)c1ccc(NN)cc1. The van der Waals surface area contributed by atoms with Crippen LogP contribution in [-0.2, 0) is 0 Å². The fourth-order valence-electron chi connectivity index (χ4n) is 2.74. The number of rotatable bonds is 4. The Morgan fingerprint density at radius 1 is 1.26 bits per heavy atom. The molecule has 0 spiro atoms. The summed E-state index contributed by atoms with van der Waals surface area (Å²) < 4.78 is 0. The fourth-order valence-corrected chi connectivity index (χ4v) is 2.74. The summed E-state index contributed by atoms with van der Waals surface area (Å²) in [6, 6.07) is 7.18. The van der Waals surface area contributed by atoms with Crippen LogP contribution in [0.15, 0.2) is 24.3 Å². The van der Waals surface area contributed by atoms with Crippen molar-refractivity contribution >= 4 is 11.6 Å². The first kappa shape index (κ1) is 13.9. The molecule has 2 rings (SSSR count). The van der Waals surface area contributed by atoms with Gasteiger partial charge in [0.1, 0.15) is 0 Å². The second kappa shape index (κ2) is 6.57. The summed E-state index contributed by atoms with van der Waals surface area (Å²) in [5.41, 5.74) is 4.04. The number of amides is 1. The number of nitrogens with two attached hydrogens (primary N) is 1. The zero-order valence-electron chi connectivity index (χ0n) is 11.5. The average Bonchev–Trinajstić information content (AvgIpc) is 2.46. The van der Waals surface area contributed by atoms with Crippen molar-refractivity contribution in [3.63, 3.8) is 0 Å². The third-order valence-electron chi connectivity index (χ3n) is 4.13. The molecule has 1 fully saturated rings. The van der Waals surface area contributed by atoms with E-state index in [9.17, 15) is 4.79 Å². The molecule has 0 heterocycles. The molecule has 0 bridgehead atoms. The van der Waals surface area contributed by atoms with Gasteiger partial charge in [-0.2, -0.15) is 0 Å². The number of hydrogen-bond donors (Lipinski definition) is 3. The second-order valence-corrected chi connectivity index (χ2v) is 5.45. The summed E-state index contributed by atoms with van der Waals surface area (Å²) in [5.74, 6) is 6.65. The number of carbonyl (C=O) groups excluding carboxylic acids is 1. The minimum absolute atomic E-state index is 0.00125. The van der Waals surface area contributed by atoms with Crippen LogP contribution in [0.2, 0.25) is 0 Å². The Kier molecular flexibility index (Phi) is 4.80. The Morgan fingerprint density at radius 2 is 1.95 bits per heavy atom. The number of nitrogen functional groups attached to an aromatic ring is 1. The summed E-state index contributed by atoms with van der Waals surface area (Å²) >= 11 is 0. The number of carbonyl (C=O) groups is 1. The summed E-state index contributed by atoms with van der Waals surface area (Å²) in [5, 5.41) is 3.05. The fraction of sp³-hybridized carbons (Fsp3) is 0.533. The van der Waals surface area contributed by atoms with Gasteiger partial charge in [-0.15, -0.1) is 0 Å². The van der Waals surface area contributed by atoms with Gasteiger partial charge in [0.25, 0.3) is 5.91 Å². The van der Waals surface area contributed by atoms with Crippen molar-refractivity contribution < 1.29 is 4.79 Å². The van der Waals surface area contributed by atoms with E-state index in [1.54, 1.807) is 24.3 Å². The van der Waals surface area contributed by atoms with Crippen molar-refractivity contribution in [1.82, 2.24) is 5.32 Å². The first-order valence-electron chi connectivity index (χ1n) is 7.05. The van der Waals surface area contributed by atoms with Crippen LogP contribution >= 0.6 is 0 Å². The van der Waals surface area contributed by atoms with Crippen LogP contribution < -0.4 is 16.6 Å². The molecule has 2 unspecified atom stereocenters. The Balaban J connectivity index is 1.86. The molecule has 4 nitrogen and oxygen atoms in total. The van der Waals surface area contributed by atoms with Crippen LogP contribution in [0.5, 0.6) is 0 Å². The maximum Gasteiger partial charge on any atom is 0.251 e. The van der Waals surface area contributed by atoms with Crippen molar-refractivity contribution in [3.05, 3.63) is 29.8 Å². The molecule has 4 heteroatoms. The maximum absolute atomic E-state index is 12.0. The molecule has 0 saturated heterocycles. The van der Waals surface area contributed by atoms with Crippen molar-refractivity contribution in [2.45, 2.75) is 32.6 Å². The molecule has 1 aliphatic rings. The molecule has 1 amide bonds. The third kappa shape index (κ3) is 3.70. The lowest BCUT2D eigenvalue weighted by molar-refractivity contribution is 0.0936. The lowest BCUT2D eigenvalue weighted by Gasteiger charge is -2.28. The number of hydrogen-bond acceptors (Lipinski definition) is 3. The van der Waals surface area contributed by atoms with Gasteiger partial charge in [-0.3, -0.25) is 10.6 Å². The Morgan fingerprint density at radius 3 is 2.58 bits per heavy atom. The molecule has 1 aromatic carbocycles. The number of nitrogens with one attached hydrogen (secondary N) is 2. The van der Waals surface area contributed by atoms with E-state index in [1.165, 1.54) is 25.7 Å². The largest absolute Gasteiger partial charge is 0.352 e. The molecule has 2 atom stereocenters. The van der Waals surface area contributed by atoms with Crippen LogP contribution in [-0.4, -0.2) is 12.5 Å². The van der Waals surface area contributed by atoms with E-state index in [-0.39, 0.29) is 5.91 Å². The predicted octanol–water partition coefficient (Wildman–Crippen LogP) is 2.53. The zero-order valence-corrected chi connectivity index (χ0v) is 11.5. The molecule has 1 aromatic rings. The summed E-state index contributed by atoms with van der Waals surface area (Å²) in [4.78, 5) is 12.0. The van der Waals surface area contributed by atoms with Crippen molar-refractivity contribution in [2.75, 3.05) is 12.0 Å². The van der Waals surface area contributed by atoms with Crippen LogP contribution in [0.3, 0.4) is 0 Å². The smallest absolute Gasteiger partial charge is 0.251 e. The molecule has 0 radical (unpaired) electrons. The monoisotopic (exact) mass is 261 g/mol. The van der Waals surface area contributed by atoms with Crippen molar-refractivity contribution in [2.24, 2.45) is 17.7 Å².